The molecule has 0 saturated heterocycles. The summed E-state index contributed by atoms with van der Waals surface area (Å²) in [6, 6.07) is 8.42. The first-order valence-electron chi connectivity index (χ1n) is 6.31. The average molecular weight is 353 g/mol. The summed E-state index contributed by atoms with van der Waals surface area (Å²) in [6.45, 7) is 1.86. The van der Waals surface area contributed by atoms with Gasteiger partial charge < -0.3 is 4.42 Å². The number of carbonyl (C=O) groups is 1. The van der Waals surface area contributed by atoms with Gasteiger partial charge in [-0.25, -0.2) is 4.98 Å². The molecule has 1 aromatic carbocycles. The predicted molar refractivity (Wildman–Crippen MR) is 89.0 cm³/mol. The van der Waals surface area contributed by atoms with Crippen LogP contribution in [0, 0.1) is 6.92 Å². The van der Waals surface area contributed by atoms with Gasteiger partial charge in [0.05, 0.1) is 10.6 Å². The Balaban J connectivity index is 1.80. The minimum Gasteiger partial charge on any atom is -0.460 e. The summed E-state index contributed by atoms with van der Waals surface area (Å²) < 4.78 is 5.50. The number of hydrogen-bond donors (Lipinski definition) is 1. The van der Waals surface area contributed by atoms with Crippen LogP contribution in [0.15, 0.2) is 40.1 Å². The van der Waals surface area contributed by atoms with Crippen molar-refractivity contribution in [1.82, 2.24) is 4.98 Å². The molecule has 7 heteroatoms. The van der Waals surface area contributed by atoms with E-state index in [2.05, 4.69) is 10.3 Å². The highest BCUT2D eigenvalue weighted by atomic mass is 35.5. The minimum absolute atomic E-state index is 0.305. The Morgan fingerprint density at radius 3 is 2.82 bits per heavy atom. The Labute approximate surface area is 140 Å². The van der Waals surface area contributed by atoms with Crippen molar-refractivity contribution < 1.29 is 9.21 Å². The summed E-state index contributed by atoms with van der Waals surface area (Å²) in [4.78, 5) is 16.6. The summed E-state index contributed by atoms with van der Waals surface area (Å²) in [5.74, 6) is 1.11. The molecule has 2 aromatic heterocycles. The van der Waals surface area contributed by atoms with Gasteiger partial charge in [-0.1, -0.05) is 23.2 Å². The van der Waals surface area contributed by atoms with Crippen LogP contribution in [0.3, 0.4) is 0 Å². The van der Waals surface area contributed by atoms with Crippen molar-refractivity contribution in [3.8, 4) is 11.5 Å². The Morgan fingerprint density at radius 1 is 1.27 bits per heavy atom. The molecule has 1 amide bonds. The zero-order valence-electron chi connectivity index (χ0n) is 11.4. The molecule has 0 aliphatic rings. The smallest absolute Gasteiger partial charge is 0.259 e. The summed E-state index contributed by atoms with van der Waals surface area (Å²) in [5, 5.41) is 5.76. The van der Waals surface area contributed by atoms with Crippen molar-refractivity contribution in [2.24, 2.45) is 0 Å². The molecule has 3 aromatic rings. The van der Waals surface area contributed by atoms with Crippen molar-refractivity contribution in [1.29, 1.82) is 0 Å². The highest BCUT2D eigenvalue weighted by molar-refractivity contribution is 7.14. The molecular weight excluding hydrogens is 343 g/mol. The summed E-state index contributed by atoms with van der Waals surface area (Å²) in [6.07, 6.45) is 0. The Hall–Kier alpha value is -1.82. The van der Waals surface area contributed by atoms with Crippen molar-refractivity contribution >= 4 is 45.6 Å². The molecule has 22 heavy (non-hydrogen) atoms. The third-order valence-corrected chi connectivity index (χ3v) is 4.21. The number of nitrogens with one attached hydrogen (secondary N) is 1. The Morgan fingerprint density at radius 2 is 2.09 bits per heavy atom. The fourth-order valence-corrected chi connectivity index (χ4v) is 2.92. The van der Waals surface area contributed by atoms with Crippen LogP contribution in [0.25, 0.3) is 11.5 Å². The predicted octanol–water partition coefficient (Wildman–Crippen LogP) is 5.27. The molecule has 0 atom stereocenters. The van der Waals surface area contributed by atoms with Crippen molar-refractivity contribution in [2.75, 3.05) is 5.32 Å². The fourth-order valence-electron chi connectivity index (χ4n) is 1.85. The quantitative estimate of drug-likeness (QED) is 0.698. The Bertz CT molecular complexity index is 842. The average Bonchev–Trinajstić information content (AvgIpc) is 3.10. The van der Waals surface area contributed by atoms with Crippen LogP contribution < -0.4 is 5.32 Å². The molecule has 2 heterocycles. The van der Waals surface area contributed by atoms with Crippen LogP contribution >= 0.6 is 34.5 Å². The van der Waals surface area contributed by atoms with E-state index in [-0.39, 0.29) is 5.91 Å². The van der Waals surface area contributed by atoms with Gasteiger partial charge in [0, 0.05) is 10.4 Å². The first kappa shape index (κ1) is 15.1. The SMILES string of the molecule is Cc1ccc(-c2csc(NC(=O)c3cc(Cl)ccc3Cl)n2)o1. The number of halogens is 2. The largest absolute Gasteiger partial charge is 0.460 e. The van der Waals surface area contributed by atoms with E-state index >= 15 is 0 Å². The first-order chi connectivity index (χ1) is 10.5. The second-order valence-corrected chi connectivity index (χ2v) is 6.23. The maximum absolute atomic E-state index is 12.2. The molecule has 4 nitrogen and oxygen atoms in total. The Kier molecular flexibility index (Phi) is 4.20. The molecular formula is C15H10Cl2N2O2S. The van der Waals surface area contributed by atoms with Crippen LogP contribution in [0.5, 0.6) is 0 Å². The van der Waals surface area contributed by atoms with Crippen LogP contribution in [-0.2, 0) is 0 Å². The molecule has 0 bridgehead atoms. The molecule has 3 rings (SSSR count). The minimum atomic E-state index is -0.357. The van der Waals surface area contributed by atoms with Crippen molar-refractivity contribution in [3.63, 3.8) is 0 Å². The monoisotopic (exact) mass is 352 g/mol. The third kappa shape index (κ3) is 3.16. The van der Waals surface area contributed by atoms with Crippen molar-refractivity contribution in [3.05, 3.63) is 57.1 Å². The highest BCUT2D eigenvalue weighted by Crippen LogP contribution is 2.27. The maximum atomic E-state index is 12.2. The molecule has 0 unspecified atom stereocenters. The number of benzene rings is 1. The molecule has 0 aliphatic heterocycles. The van der Waals surface area contributed by atoms with Crippen LogP contribution in [-0.4, -0.2) is 10.9 Å². The summed E-state index contributed by atoms with van der Waals surface area (Å²) >= 11 is 13.2. The maximum Gasteiger partial charge on any atom is 0.259 e. The van der Waals surface area contributed by atoms with Crippen LogP contribution in [0.1, 0.15) is 16.1 Å². The number of furan rings is 1. The first-order valence-corrected chi connectivity index (χ1v) is 7.95. The van der Waals surface area contributed by atoms with E-state index < -0.39 is 0 Å². The van der Waals surface area contributed by atoms with E-state index in [1.165, 1.54) is 17.4 Å². The van der Waals surface area contributed by atoms with Gasteiger partial charge in [-0.15, -0.1) is 11.3 Å². The third-order valence-electron chi connectivity index (χ3n) is 2.89. The van der Waals surface area contributed by atoms with Gasteiger partial charge in [0.1, 0.15) is 11.5 Å². The van der Waals surface area contributed by atoms with Crippen LogP contribution in [0.4, 0.5) is 5.13 Å². The van der Waals surface area contributed by atoms with E-state index in [4.69, 9.17) is 27.6 Å². The van der Waals surface area contributed by atoms with E-state index in [0.29, 0.717) is 32.2 Å². The fraction of sp³-hybridized carbons (Fsp3) is 0.0667. The van der Waals surface area contributed by atoms with Gasteiger partial charge in [0.25, 0.3) is 5.91 Å². The number of hydrogen-bond acceptors (Lipinski definition) is 4. The second kappa shape index (κ2) is 6.12. The van der Waals surface area contributed by atoms with Gasteiger partial charge in [0.2, 0.25) is 0 Å². The number of thiazole rings is 1. The zero-order chi connectivity index (χ0) is 15.7. The molecule has 112 valence electrons. The number of amides is 1. The lowest BCUT2D eigenvalue weighted by Gasteiger charge is -2.04. The molecule has 1 N–H and O–H groups in total. The number of rotatable bonds is 3. The second-order valence-electron chi connectivity index (χ2n) is 4.53. The van der Waals surface area contributed by atoms with E-state index in [9.17, 15) is 4.79 Å². The normalized spacial score (nSPS) is 10.7. The highest BCUT2D eigenvalue weighted by Gasteiger charge is 2.14. The standard InChI is InChI=1S/C15H10Cl2N2O2S/c1-8-2-5-13(21-8)12-7-22-15(18-12)19-14(20)10-6-9(16)3-4-11(10)17/h2-7H,1H3,(H,18,19,20). The molecule has 0 fully saturated rings. The van der Waals surface area contributed by atoms with Gasteiger partial charge in [-0.3, -0.25) is 10.1 Å². The number of nitrogens with zero attached hydrogens (tertiary/aromatic N) is 1. The lowest BCUT2D eigenvalue weighted by molar-refractivity contribution is 0.102. The lowest BCUT2D eigenvalue weighted by Crippen LogP contribution is -2.12. The number of carbonyl (C=O) groups excluding carboxylic acids is 1. The molecule has 0 radical (unpaired) electrons. The zero-order valence-corrected chi connectivity index (χ0v) is 13.7. The van der Waals surface area contributed by atoms with Crippen molar-refractivity contribution in [2.45, 2.75) is 6.92 Å². The van der Waals surface area contributed by atoms with Gasteiger partial charge in [0.15, 0.2) is 10.9 Å². The van der Waals surface area contributed by atoms with E-state index in [1.807, 2.05) is 24.4 Å². The number of aryl methyl sites for hydroxylation is 1. The van der Waals surface area contributed by atoms with Gasteiger partial charge in [-0.05, 0) is 37.3 Å². The van der Waals surface area contributed by atoms with Gasteiger partial charge in [-0.2, -0.15) is 0 Å². The molecule has 0 aliphatic carbocycles. The van der Waals surface area contributed by atoms with Crippen LogP contribution in [0.2, 0.25) is 10.0 Å². The number of aromatic nitrogens is 1. The summed E-state index contributed by atoms with van der Waals surface area (Å²) in [7, 11) is 0. The molecule has 0 saturated carbocycles. The topological polar surface area (TPSA) is 55.1 Å². The van der Waals surface area contributed by atoms with E-state index in [1.54, 1.807) is 12.1 Å². The molecule has 0 spiro atoms. The lowest BCUT2D eigenvalue weighted by atomic mass is 10.2. The summed E-state index contributed by atoms with van der Waals surface area (Å²) in [5.41, 5.74) is 0.977. The number of anilines is 1. The van der Waals surface area contributed by atoms with Gasteiger partial charge >= 0.3 is 0 Å². The van der Waals surface area contributed by atoms with E-state index in [0.717, 1.165) is 5.76 Å².